The molecule has 0 aromatic heterocycles. The van der Waals surface area contributed by atoms with Gasteiger partial charge in [0.25, 0.3) is 0 Å². The number of amides is 5. The molecule has 0 aliphatic carbocycles. The molecule has 1 heterocycles. The molecule has 2 aromatic carbocycles. The zero-order valence-electron chi connectivity index (χ0n) is 31.8. The standard InChI is InChI=1S/C39H55N5O9/c1-25(2)21-30(34(46)41-27(4)37(49)52-23-29-17-12-9-13-18-29)42-33(45)26(3)40-35(47)32-19-14-20-44(32)36(48)31(43-38(50)53-39(5,6)7)24-51-22-28-15-10-8-11-16-28/h8-13,15-18,25-27,30-32H,14,19-24H2,1-7H3,(H,40,47)(H,41,46)(H,42,45)(H,43,50)/t26-,27-,30+,31-,32+/m1/s1. The molecule has 3 rings (SSSR count). The largest absolute Gasteiger partial charge is 0.459 e. The van der Waals surface area contributed by atoms with Crippen LogP contribution in [-0.2, 0) is 51.4 Å². The van der Waals surface area contributed by atoms with Crippen LogP contribution >= 0.6 is 0 Å². The van der Waals surface area contributed by atoms with Gasteiger partial charge in [-0.2, -0.15) is 0 Å². The Morgan fingerprint density at radius 2 is 1.36 bits per heavy atom. The van der Waals surface area contributed by atoms with Crippen molar-refractivity contribution in [1.82, 2.24) is 26.2 Å². The Morgan fingerprint density at radius 1 is 0.755 bits per heavy atom. The number of ether oxygens (including phenoxy) is 3. The van der Waals surface area contributed by atoms with Crippen molar-refractivity contribution in [3.8, 4) is 0 Å². The van der Waals surface area contributed by atoms with Gasteiger partial charge in [0.2, 0.25) is 23.6 Å². The van der Waals surface area contributed by atoms with E-state index in [-0.39, 0.29) is 38.7 Å². The number of nitrogens with zero attached hydrogens (tertiary/aromatic N) is 1. The minimum atomic E-state index is -1.14. The summed E-state index contributed by atoms with van der Waals surface area (Å²) in [7, 11) is 0. The molecular weight excluding hydrogens is 682 g/mol. The van der Waals surface area contributed by atoms with Crippen LogP contribution in [0.5, 0.6) is 0 Å². The summed E-state index contributed by atoms with van der Waals surface area (Å²) in [6, 6.07) is 13.4. The number of hydrogen-bond acceptors (Lipinski definition) is 9. The SMILES string of the molecule is CC(C)C[C@H](NC(=O)[C@@H](C)NC(=O)[C@@H]1CCCN1C(=O)[C@@H](COCc1ccccc1)NC(=O)OC(C)(C)C)C(=O)N[C@H](C)C(=O)OCc1ccccc1. The van der Waals surface area contributed by atoms with Gasteiger partial charge in [-0.05, 0) is 70.9 Å². The Labute approximate surface area is 312 Å². The predicted molar refractivity (Wildman–Crippen MR) is 197 cm³/mol. The number of alkyl carbamates (subject to hydrolysis) is 1. The molecule has 290 valence electrons. The highest BCUT2D eigenvalue weighted by Crippen LogP contribution is 2.20. The maximum Gasteiger partial charge on any atom is 0.408 e. The molecule has 53 heavy (non-hydrogen) atoms. The van der Waals surface area contributed by atoms with Gasteiger partial charge >= 0.3 is 12.1 Å². The number of benzene rings is 2. The van der Waals surface area contributed by atoms with Crippen molar-refractivity contribution >= 4 is 35.7 Å². The highest BCUT2D eigenvalue weighted by atomic mass is 16.6. The second kappa shape index (κ2) is 20.3. The highest BCUT2D eigenvalue weighted by Gasteiger charge is 2.39. The lowest BCUT2D eigenvalue weighted by molar-refractivity contribution is -0.148. The number of nitrogens with one attached hydrogen (secondary N) is 4. The number of esters is 1. The number of hydrogen-bond donors (Lipinski definition) is 4. The van der Waals surface area contributed by atoms with Crippen LogP contribution in [0, 0.1) is 5.92 Å². The van der Waals surface area contributed by atoms with Crippen LogP contribution in [-0.4, -0.2) is 89.6 Å². The van der Waals surface area contributed by atoms with E-state index in [4.69, 9.17) is 14.2 Å². The maximum atomic E-state index is 13.8. The molecule has 0 bridgehead atoms. The van der Waals surface area contributed by atoms with Gasteiger partial charge < -0.3 is 40.4 Å². The molecule has 1 saturated heterocycles. The average Bonchev–Trinajstić information content (AvgIpc) is 3.60. The quantitative estimate of drug-likeness (QED) is 0.177. The lowest BCUT2D eigenvalue weighted by Crippen LogP contribution is -2.58. The Bertz CT molecular complexity index is 1530. The number of carbonyl (C=O) groups excluding carboxylic acids is 6. The van der Waals surface area contributed by atoms with Gasteiger partial charge in [-0.3, -0.25) is 19.2 Å². The summed E-state index contributed by atoms with van der Waals surface area (Å²) in [5.41, 5.74) is 0.873. The molecule has 14 nitrogen and oxygen atoms in total. The molecule has 5 atom stereocenters. The van der Waals surface area contributed by atoms with E-state index in [2.05, 4.69) is 21.3 Å². The van der Waals surface area contributed by atoms with Crippen molar-refractivity contribution in [1.29, 1.82) is 0 Å². The summed E-state index contributed by atoms with van der Waals surface area (Å²) in [5, 5.41) is 10.6. The van der Waals surface area contributed by atoms with Crippen LogP contribution in [0.3, 0.4) is 0 Å². The number of likely N-dealkylation sites (tertiary alicyclic amines) is 1. The zero-order valence-corrected chi connectivity index (χ0v) is 31.8. The second-order valence-corrected chi connectivity index (χ2v) is 14.6. The van der Waals surface area contributed by atoms with E-state index in [1.807, 2.05) is 74.5 Å². The van der Waals surface area contributed by atoms with Crippen LogP contribution in [0.2, 0.25) is 0 Å². The van der Waals surface area contributed by atoms with Crippen LogP contribution < -0.4 is 21.3 Å². The molecule has 1 aliphatic heterocycles. The van der Waals surface area contributed by atoms with Crippen LogP contribution in [0.4, 0.5) is 4.79 Å². The molecule has 4 N–H and O–H groups in total. The topological polar surface area (TPSA) is 181 Å². The molecule has 0 spiro atoms. The van der Waals surface area contributed by atoms with Crippen molar-refractivity contribution in [3.63, 3.8) is 0 Å². The van der Waals surface area contributed by atoms with E-state index >= 15 is 0 Å². The summed E-state index contributed by atoms with van der Waals surface area (Å²) in [6.07, 6.45) is 0.333. The maximum absolute atomic E-state index is 13.8. The fraction of sp³-hybridized carbons (Fsp3) is 0.538. The normalized spacial score (nSPS) is 16.5. The monoisotopic (exact) mass is 737 g/mol. The minimum absolute atomic E-state index is 0.00764. The Balaban J connectivity index is 1.61. The summed E-state index contributed by atoms with van der Waals surface area (Å²) >= 11 is 0. The minimum Gasteiger partial charge on any atom is -0.459 e. The van der Waals surface area contributed by atoms with Crippen LogP contribution in [0.25, 0.3) is 0 Å². The molecule has 2 aromatic rings. The van der Waals surface area contributed by atoms with E-state index in [0.717, 1.165) is 11.1 Å². The third-order valence-electron chi connectivity index (χ3n) is 8.25. The summed E-state index contributed by atoms with van der Waals surface area (Å²) in [6.45, 7) is 12.2. The van der Waals surface area contributed by atoms with E-state index in [0.29, 0.717) is 12.8 Å². The fourth-order valence-corrected chi connectivity index (χ4v) is 5.60. The third kappa shape index (κ3) is 14.5. The lowest BCUT2D eigenvalue weighted by atomic mass is 10.0. The molecule has 14 heteroatoms. The molecule has 0 radical (unpaired) electrons. The van der Waals surface area contributed by atoms with Crippen LogP contribution in [0.1, 0.15) is 78.9 Å². The molecule has 0 unspecified atom stereocenters. The number of carbonyl (C=O) groups is 6. The average molecular weight is 738 g/mol. The van der Waals surface area contributed by atoms with Crippen molar-refractivity contribution < 1.29 is 43.0 Å². The summed E-state index contributed by atoms with van der Waals surface area (Å²) in [4.78, 5) is 80.6. The first-order chi connectivity index (χ1) is 25.0. The molecule has 5 amide bonds. The molecule has 1 fully saturated rings. The van der Waals surface area contributed by atoms with Crippen molar-refractivity contribution in [2.45, 2.75) is 117 Å². The van der Waals surface area contributed by atoms with E-state index in [9.17, 15) is 28.8 Å². The van der Waals surface area contributed by atoms with Gasteiger partial charge in [0.05, 0.1) is 13.2 Å². The lowest BCUT2D eigenvalue weighted by Gasteiger charge is -2.30. The van der Waals surface area contributed by atoms with Gasteiger partial charge in [0.15, 0.2) is 0 Å². The first kappa shape index (κ1) is 42.4. The first-order valence-corrected chi connectivity index (χ1v) is 18.1. The Morgan fingerprint density at radius 3 is 1.94 bits per heavy atom. The third-order valence-corrected chi connectivity index (χ3v) is 8.25. The van der Waals surface area contributed by atoms with E-state index < -0.39 is 71.5 Å². The highest BCUT2D eigenvalue weighted by molar-refractivity contribution is 5.96. The van der Waals surface area contributed by atoms with Crippen molar-refractivity contribution in [2.75, 3.05) is 13.2 Å². The van der Waals surface area contributed by atoms with E-state index in [1.165, 1.54) is 18.7 Å². The Kier molecular flexibility index (Phi) is 16.3. The molecule has 1 aliphatic rings. The predicted octanol–water partition coefficient (Wildman–Crippen LogP) is 3.37. The van der Waals surface area contributed by atoms with Crippen molar-refractivity contribution in [2.24, 2.45) is 5.92 Å². The van der Waals surface area contributed by atoms with Crippen LogP contribution in [0.15, 0.2) is 60.7 Å². The van der Waals surface area contributed by atoms with Gasteiger partial charge in [0.1, 0.15) is 42.4 Å². The smallest absolute Gasteiger partial charge is 0.408 e. The molecule has 0 saturated carbocycles. The summed E-state index contributed by atoms with van der Waals surface area (Å²) < 4.78 is 16.5. The van der Waals surface area contributed by atoms with Gasteiger partial charge in [-0.1, -0.05) is 74.5 Å². The zero-order chi connectivity index (χ0) is 39.1. The van der Waals surface area contributed by atoms with Gasteiger partial charge in [0, 0.05) is 6.54 Å². The molecular formula is C39H55N5O9. The fourth-order valence-electron chi connectivity index (χ4n) is 5.60. The van der Waals surface area contributed by atoms with Gasteiger partial charge in [-0.15, -0.1) is 0 Å². The number of rotatable bonds is 17. The van der Waals surface area contributed by atoms with Gasteiger partial charge in [-0.25, -0.2) is 9.59 Å². The summed E-state index contributed by atoms with van der Waals surface area (Å²) in [5.74, 6) is -2.88. The Hall–Kier alpha value is -4.98. The van der Waals surface area contributed by atoms with Crippen molar-refractivity contribution in [3.05, 3.63) is 71.8 Å². The second-order valence-electron chi connectivity index (χ2n) is 14.6. The first-order valence-electron chi connectivity index (χ1n) is 18.1. The van der Waals surface area contributed by atoms with E-state index in [1.54, 1.807) is 20.8 Å².